The van der Waals surface area contributed by atoms with E-state index in [2.05, 4.69) is 89.2 Å². The van der Waals surface area contributed by atoms with Crippen LogP contribution in [0.1, 0.15) is 162 Å². The first-order chi connectivity index (χ1) is 20.7. The van der Waals surface area contributed by atoms with Crippen molar-refractivity contribution in [3.63, 3.8) is 0 Å². The van der Waals surface area contributed by atoms with Gasteiger partial charge < -0.3 is 0 Å². The first-order valence-electron chi connectivity index (χ1n) is 17.3. The lowest BCUT2D eigenvalue weighted by molar-refractivity contribution is 0.948. The molecular formula is C40H78N4. The molecule has 3 aromatic heterocycles. The Labute approximate surface area is 278 Å². The quantitative estimate of drug-likeness (QED) is 0.253. The highest BCUT2D eigenvalue weighted by molar-refractivity contribution is 5.37. The van der Waals surface area contributed by atoms with E-state index >= 15 is 0 Å². The summed E-state index contributed by atoms with van der Waals surface area (Å²) in [6, 6.07) is 0. The molecule has 0 amide bonds. The molecule has 0 saturated carbocycles. The molecule has 0 aliphatic rings. The van der Waals surface area contributed by atoms with Crippen LogP contribution in [0.25, 0.3) is 0 Å². The molecule has 0 aliphatic heterocycles. The first kappa shape index (κ1) is 53.9. The Kier molecular flexibility index (Phi) is 40.8. The second-order valence-electron chi connectivity index (χ2n) is 8.88. The zero-order chi connectivity index (χ0) is 36.9. The van der Waals surface area contributed by atoms with Gasteiger partial charge in [-0.25, -0.2) is 9.97 Å². The lowest BCUT2D eigenvalue weighted by Gasteiger charge is -2.09. The number of aryl methyl sites for hydroxylation is 7. The third kappa shape index (κ3) is 20.4. The Morgan fingerprint density at radius 3 is 0.545 bits per heavy atom. The highest BCUT2D eigenvalue weighted by Gasteiger charge is 2.05. The SMILES string of the molecule is CC.CC.CC.CC.CC.CC.Cc1nc(C)c(C)c(C)c1C.Cc1nc(C)c(C)c(C)c1C.Cc1nc(C)c(C)c(C)n1. The summed E-state index contributed by atoms with van der Waals surface area (Å²) >= 11 is 0. The summed E-state index contributed by atoms with van der Waals surface area (Å²) in [6.45, 7) is 53.1. The van der Waals surface area contributed by atoms with Gasteiger partial charge in [-0.15, -0.1) is 0 Å². The summed E-state index contributed by atoms with van der Waals surface area (Å²) in [4.78, 5) is 17.3. The number of hydrogen-bond donors (Lipinski definition) is 0. The molecular weight excluding hydrogens is 536 g/mol. The van der Waals surface area contributed by atoms with E-state index < -0.39 is 0 Å². The molecule has 0 radical (unpaired) electrons. The molecule has 3 aromatic rings. The van der Waals surface area contributed by atoms with Gasteiger partial charge >= 0.3 is 0 Å². The smallest absolute Gasteiger partial charge is 0.125 e. The molecule has 0 saturated heterocycles. The van der Waals surface area contributed by atoms with Crippen molar-refractivity contribution in [2.24, 2.45) is 0 Å². The Balaban J connectivity index is -0.000000105. The molecule has 0 N–H and O–H groups in total. The van der Waals surface area contributed by atoms with E-state index in [-0.39, 0.29) is 0 Å². The fraction of sp³-hybridized carbons (Fsp3) is 0.650. The number of rotatable bonds is 0. The average molecular weight is 615 g/mol. The molecule has 4 heteroatoms. The third-order valence-electron chi connectivity index (χ3n) is 6.84. The van der Waals surface area contributed by atoms with Crippen LogP contribution in [0.3, 0.4) is 0 Å². The van der Waals surface area contributed by atoms with Crippen LogP contribution in [-0.2, 0) is 0 Å². The molecule has 258 valence electrons. The van der Waals surface area contributed by atoms with Crippen molar-refractivity contribution in [3.8, 4) is 0 Å². The molecule has 0 atom stereocenters. The molecule has 4 nitrogen and oxygen atoms in total. The molecule has 0 spiro atoms. The fourth-order valence-electron chi connectivity index (χ4n) is 3.43. The van der Waals surface area contributed by atoms with E-state index in [1.807, 2.05) is 111 Å². The maximum atomic E-state index is 4.43. The Morgan fingerprint density at radius 1 is 0.205 bits per heavy atom. The average Bonchev–Trinajstić information content (AvgIpc) is 3.06. The largest absolute Gasteiger partial charge is 0.258 e. The first-order valence-corrected chi connectivity index (χ1v) is 17.3. The lowest BCUT2D eigenvalue weighted by atomic mass is 10.0. The Morgan fingerprint density at radius 2 is 0.364 bits per heavy atom. The van der Waals surface area contributed by atoms with E-state index in [0.717, 1.165) is 40.0 Å². The van der Waals surface area contributed by atoms with Crippen LogP contribution in [0.4, 0.5) is 0 Å². The highest BCUT2D eigenvalue weighted by atomic mass is 14.9. The normalized spacial score (nSPS) is 8.23. The van der Waals surface area contributed by atoms with Gasteiger partial charge in [-0.05, 0) is 136 Å². The van der Waals surface area contributed by atoms with E-state index in [4.69, 9.17) is 0 Å². The Bertz CT molecular complexity index is 976. The maximum absolute atomic E-state index is 4.43. The van der Waals surface area contributed by atoms with Crippen LogP contribution in [0.15, 0.2) is 0 Å². The molecule has 0 aromatic carbocycles. The topological polar surface area (TPSA) is 51.6 Å². The zero-order valence-corrected chi connectivity index (χ0v) is 34.8. The molecule has 44 heavy (non-hydrogen) atoms. The van der Waals surface area contributed by atoms with Crippen LogP contribution < -0.4 is 0 Å². The third-order valence-corrected chi connectivity index (χ3v) is 6.84. The fourth-order valence-corrected chi connectivity index (χ4v) is 3.43. The van der Waals surface area contributed by atoms with Crippen molar-refractivity contribution < 1.29 is 0 Å². The number of hydrogen-bond acceptors (Lipinski definition) is 4. The Hall–Kier alpha value is -2.62. The van der Waals surface area contributed by atoms with Crippen molar-refractivity contribution in [3.05, 3.63) is 78.9 Å². The van der Waals surface area contributed by atoms with Gasteiger partial charge in [0, 0.05) is 34.2 Å². The minimum atomic E-state index is 0.862. The van der Waals surface area contributed by atoms with Gasteiger partial charge in [0.15, 0.2) is 0 Å². The van der Waals surface area contributed by atoms with Crippen LogP contribution >= 0.6 is 0 Å². The summed E-state index contributed by atoms with van der Waals surface area (Å²) in [5.74, 6) is 0.862. The summed E-state index contributed by atoms with van der Waals surface area (Å²) in [5.41, 5.74) is 16.1. The standard InChI is InChI=1S/2C10H15N.C8H12N2.6C2H6/c2*1-6-7(2)9(4)11-10(5)8(6)3;1-5-6(2)9-8(4)10-7(5)3;6*1-2/h2*1-5H3;1-4H3;6*1-2H3. The molecule has 3 heterocycles. The van der Waals surface area contributed by atoms with Gasteiger partial charge in [-0.3, -0.25) is 9.97 Å². The number of aromatic nitrogens is 4. The van der Waals surface area contributed by atoms with Crippen LogP contribution in [0, 0.1) is 96.9 Å². The summed E-state index contributed by atoms with van der Waals surface area (Å²) in [6.07, 6.45) is 0. The second kappa shape index (κ2) is 33.3. The van der Waals surface area contributed by atoms with Crippen molar-refractivity contribution in [2.75, 3.05) is 0 Å². The lowest BCUT2D eigenvalue weighted by Crippen LogP contribution is -1.98. The predicted molar refractivity (Wildman–Crippen MR) is 205 cm³/mol. The minimum Gasteiger partial charge on any atom is -0.258 e. The van der Waals surface area contributed by atoms with Gasteiger partial charge in [0.2, 0.25) is 0 Å². The van der Waals surface area contributed by atoms with Gasteiger partial charge in [0.05, 0.1) is 0 Å². The number of pyridine rings is 2. The van der Waals surface area contributed by atoms with Gasteiger partial charge in [-0.1, -0.05) is 83.1 Å². The van der Waals surface area contributed by atoms with E-state index in [9.17, 15) is 0 Å². The van der Waals surface area contributed by atoms with Gasteiger partial charge in [0.25, 0.3) is 0 Å². The maximum Gasteiger partial charge on any atom is 0.125 e. The molecule has 0 fully saturated rings. The molecule has 0 aliphatic carbocycles. The molecule has 3 rings (SSSR count). The monoisotopic (exact) mass is 615 g/mol. The van der Waals surface area contributed by atoms with Crippen LogP contribution in [0.5, 0.6) is 0 Å². The van der Waals surface area contributed by atoms with E-state index in [0.29, 0.717) is 0 Å². The number of nitrogens with zero attached hydrogens (tertiary/aromatic N) is 4. The second-order valence-corrected chi connectivity index (χ2v) is 8.88. The zero-order valence-electron chi connectivity index (χ0n) is 34.8. The molecule has 0 unspecified atom stereocenters. The van der Waals surface area contributed by atoms with Crippen LogP contribution in [0.2, 0.25) is 0 Å². The van der Waals surface area contributed by atoms with Crippen molar-refractivity contribution in [1.82, 2.24) is 19.9 Å². The van der Waals surface area contributed by atoms with E-state index in [1.54, 1.807) is 0 Å². The van der Waals surface area contributed by atoms with Crippen molar-refractivity contribution >= 4 is 0 Å². The van der Waals surface area contributed by atoms with Crippen LogP contribution in [-0.4, -0.2) is 19.9 Å². The van der Waals surface area contributed by atoms with Gasteiger partial charge in [-0.2, -0.15) is 0 Å². The predicted octanol–water partition coefficient (Wildman–Crippen LogP) is 13.1. The summed E-state index contributed by atoms with van der Waals surface area (Å²) in [5, 5.41) is 0. The van der Waals surface area contributed by atoms with E-state index in [1.165, 1.54) is 38.9 Å². The van der Waals surface area contributed by atoms with Crippen molar-refractivity contribution in [1.29, 1.82) is 0 Å². The summed E-state index contributed by atoms with van der Waals surface area (Å²) in [7, 11) is 0. The highest BCUT2D eigenvalue weighted by Crippen LogP contribution is 2.17. The van der Waals surface area contributed by atoms with Crippen molar-refractivity contribution in [2.45, 2.75) is 180 Å². The summed E-state index contributed by atoms with van der Waals surface area (Å²) < 4.78 is 0. The minimum absolute atomic E-state index is 0.862. The van der Waals surface area contributed by atoms with Gasteiger partial charge in [0.1, 0.15) is 5.82 Å². The molecule has 0 bridgehead atoms.